The first-order valence-electron chi connectivity index (χ1n) is 6.94. The summed E-state index contributed by atoms with van der Waals surface area (Å²) < 4.78 is 0.969. The molecule has 0 saturated carbocycles. The number of nitrogens with zero attached hydrogens (tertiary/aromatic N) is 1. The number of benzene rings is 1. The lowest BCUT2D eigenvalue weighted by Crippen LogP contribution is -2.31. The number of halogens is 1. The van der Waals surface area contributed by atoms with Gasteiger partial charge in [0.2, 0.25) is 11.8 Å². The average molecular weight is 334 g/mol. The van der Waals surface area contributed by atoms with E-state index in [9.17, 15) is 9.59 Å². The SMILES string of the molecule is CCc1cc(Br)ccc1N1C(=O)[C@H]2CC=CC[C@H]2C1=O. The van der Waals surface area contributed by atoms with E-state index in [1.165, 1.54) is 4.90 Å². The van der Waals surface area contributed by atoms with Crippen molar-refractivity contribution in [1.29, 1.82) is 0 Å². The van der Waals surface area contributed by atoms with Gasteiger partial charge in [-0.25, -0.2) is 4.90 Å². The second kappa shape index (κ2) is 5.17. The summed E-state index contributed by atoms with van der Waals surface area (Å²) in [5.74, 6) is -0.413. The summed E-state index contributed by atoms with van der Waals surface area (Å²) >= 11 is 3.44. The van der Waals surface area contributed by atoms with Gasteiger partial charge in [-0.1, -0.05) is 35.0 Å². The number of imide groups is 1. The van der Waals surface area contributed by atoms with Crippen molar-refractivity contribution in [2.45, 2.75) is 26.2 Å². The average Bonchev–Trinajstić information content (AvgIpc) is 2.72. The van der Waals surface area contributed by atoms with Gasteiger partial charge in [-0.2, -0.15) is 0 Å². The van der Waals surface area contributed by atoms with Gasteiger partial charge in [0.25, 0.3) is 0 Å². The van der Waals surface area contributed by atoms with E-state index in [1.54, 1.807) is 0 Å². The number of fused-ring (bicyclic) bond motifs is 1. The molecule has 20 heavy (non-hydrogen) atoms. The zero-order chi connectivity index (χ0) is 14.3. The Balaban J connectivity index is 2.03. The first-order valence-corrected chi connectivity index (χ1v) is 7.74. The Morgan fingerprint density at radius 1 is 1.15 bits per heavy atom. The summed E-state index contributed by atoms with van der Waals surface area (Å²) in [5.41, 5.74) is 1.77. The molecular weight excluding hydrogens is 318 g/mol. The molecule has 0 radical (unpaired) electrons. The maximum Gasteiger partial charge on any atom is 0.238 e. The molecule has 1 aliphatic heterocycles. The number of anilines is 1. The van der Waals surface area contributed by atoms with Crippen molar-refractivity contribution >= 4 is 33.4 Å². The van der Waals surface area contributed by atoms with E-state index in [0.29, 0.717) is 12.8 Å². The van der Waals surface area contributed by atoms with E-state index in [4.69, 9.17) is 0 Å². The zero-order valence-electron chi connectivity index (χ0n) is 11.3. The molecule has 1 heterocycles. The lowest BCUT2D eigenvalue weighted by Gasteiger charge is -2.18. The standard InChI is InChI=1S/C16H16BrNO2/c1-2-10-9-11(17)7-8-14(10)18-15(19)12-5-3-4-6-13(12)16(18)20/h3-4,7-9,12-13H,2,5-6H2,1H3/t12-,13+. The quantitative estimate of drug-likeness (QED) is 0.613. The van der Waals surface area contributed by atoms with Crippen LogP contribution in [0.1, 0.15) is 25.3 Å². The van der Waals surface area contributed by atoms with Gasteiger partial charge in [-0.3, -0.25) is 9.59 Å². The molecule has 0 unspecified atom stereocenters. The second-order valence-corrected chi connectivity index (χ2v) is 6.21. The van der Waals surface area contributed by atoms with Crippen molar-refractivity contribution in [3.8, 4) is 0 Å². The number of carbonyl (C=O) groups is 2. The molecular formula is C16H16BrNO2. The molecule has 1 aromatic rings. The predicted octanol–water partition coefficient (Wildman–Crippen LogP) is 3.47. The largest absolute Gasteiger partial charge is 0.274 e. The van der Waals surface area contributed by atoms with Gasteiger partial charge < -0.3 is 0 Å². The van der Waals surface area contributed by atoms with Crippen molar-refractivity contribution in [2.24, 2.45) is 11.8 Å². The van der Waals surface area contributed by atoms with Crippen molar-refractivity contribution < 1.29 is 9.59 Å². The van der Waals surface area contributed by atoms with Crippen LogP contribution in [0.5, 0.6) is 0 Å². The third-order valence-electron chi connectivity index (χ3n) is 4.17. The lowest BCUT2D eigenvalue weighted by atomic mass is 9.85. The summed E-state index contributed by atoms with van der Waals surface area (Å²) in [6, 6.07) is 5.73. The highest BCUT2D eigenvalue weighted by molar-refractivity contribution is 9.10. The fourth-order valence-corrected chi connectivity index (χ4v) is 3.50. The molecule has 2 amide bonds. The van der Waals surface area contributed by atoms with Gasteiger partial charge in [0.1, 0.15) is 0 Å². The Kier molecular flexibility index (Phi) is 3.50. The van der Waals surface area contributed by atoms with E-state index in [2.05, 4.69) is 15.9 Å². The first-order chi connectivity index (χ1) is 9.63. The molecule has 3 nitrogen and oxygen atoms in total. The maximum atomic E-state index is 12.6. The Labute approximate surface area is 126 Å². The number of carbonyl (C=O) groups excluding carboxylic acids is 2. The highest BCUT2D eigenvalue weighted by Gasteiger charge is 2.48. The van der Waals surface area contributed by atoms with E-state index < -0.39 is 0 Å². The van der Waals surface area contributed by atoms with Crippen LogP contribution in [0.2, 0.25) is 0 Å². The number of aryl methyl sites for hydroxylation is 1. The molecule has 0 aromatic heterocycles. The van der Waals surface area contributed by atoms with E-state index in [1.807, 2.05) is 37.3 Å². The van der Waals surface area contributed by atoms with Gasteiger partial charge in [-0.15, -0.1) is 0 Å². The minimum Gasteiger partial charge on any atom is -0.274 e. The first kappa shape index (κ1) is 13.6. The monoisotopic (exact) mass is 333 g/mol. The van der Waals surface area contributed by atoms with Crippen LogP contribution in [0.3, 0.4) is 0 Å². The minimum atomic E-state index is -0.166. The van der Waals surface area contributed by atoms with Crippen molar-refractivity contribution in [2.75, 3.05) is 4.90 Å². The molecule has 2 atom stereocenters. The molecule has 2 aliphatic rings. The van der Waals surface area contributed by atoms with Crippen LogP contribution in [-0.4, -0.2) is 11.8 Å². The van der Waals surface area contributed by atoms with Crippen molar-refractivity contribution in [3.05, 3.63) is 40.4 Å². The molecule has 1 fully saturated rings. The third kappa shape index (κ3) is 2.03. The van der Waals surface area contributed by atoms with Crippen LogP contribution in [-0.2, 0) is 16.0 Å². The molecule has 3 rings (SSSR count). The molecule has 0 spiro atoms. The summed E-state index contributed by atoms with van der Waals surface area (Å²) in [4.78, 5) is 26.5. The Morgan fingerprint density at radius 2 is 1.75 bits per heavy atom. The zero-order valence-corrected chi connectivity index (χ0v) is 12.9. The predicted molar refractivity (Wildman–Crippen MR) is 81.4 cm³/mol. The Morgan fingerprint density at radius 3 is 2.30 bits per heavy atom. The van der Waals surface area contributed by atoms with Crippen molar-refractivity contribution in [1.82, 2.24) is 0 Å². The number of hydrogen-bond donors (Lipinski definition) is 0. The maximum absolute atomic E-state index is 12.6. The van der Waals surface area contributed by atoms with Crippen LogP contribution >= 0.6 is 15.9 Å². The van der Waals surface area contributed by atoms with Crippen LogP contribution in [0.25, 0.3) is 0 Å². The van der Waals surface area contributed by atoms with Gasteiger partial charge >= 0.3 is 0 Å². The second-order valence-electron chi connectivity index (χ2n) is 5.29. The molecule has 1 aliphatic carbocycles. The van der Waals surface area contributed by atoms with Gasteiger partial charge in [-0.05, 0) is 43.0 Å². The van der Waals surface area contributed by atoms with Gasteiger partial charge in [0.05, 0.1) is 17.5 Å². The van der Waals surface area contributed by atoms with Gasteiger partial charge in [0.15, 0.2) is 0 Å². The number of amides is 2. The van der Waals surface area contributed by atoms with Crippen LogP contribution in [0.4, 0.5) is 5.69 Å². The molecule has 104 valence electrons. The van der Waals surface area contributed by atoms with E-state index in [0.717, 1.165) is 22.1 Å². The van der Waals surface area contributed by atoms with Crippen molar-refractivity contribution in [3.63, 3.8) is 0 Å². The van der Waals surface area contributed by atoms with Crippen LogP contribution in [0.15, 0.2) is 34.8 Å². The number of rotatable bonds is 2. The smallest absolute Gasteiger partial charge is 0.238 e. The summed E-state index contributed by atoms with van der Waals surface area (Å²) in [6.07, 6.45) is 6.18. The molecule has 0 N–H and O–H groups in total. The molecule has 4 heteroatoms. The minimum absolute atomic E-state index is 0.0404. The lowest BCUT2D eigenvalue weighted by molar-refractivity contribution is -0.122. The Hall–Kier alpha value is -1.42. The Bertz CT molecular complexity index is 582. The normalized spacial score (nSPS) is 25.2. The molecule has 1 saturated heterocycles. The highest BCUT2D eigenvalue weighted by atomic mass is 79.9. The van der Waals surface area contributed by atoms with Gasteiger partial charge in [0, 0.05) is 4.47 Å². The molecule has 0 bridgehead atoms. The molecule has 1 aromatic carbocycles. The highest BCUT2D eigenvalue weighted by Crippen LogP contribution is 2.39. The topological polar surface area (TPSA) is 37.4 Å². The fraction of sp³-hybridized carbons (Fsp3) is 0.375. The third-order valence-corrected chi connectivity index (χ3v) is 4.66. The number of hydrogen-bond acceptors (Lipinski definition) is 2. The van der Waals surface area contributed by atoms with E-state index >= 15 is 0 Å². The number of allylic oxidation sites excluding steroid dienone is 2. The summed E-state index contributed by atoms with van der Waals surface area (Å²) in [7, 11) is 0. The fourth-order valence-electron chi connectivity index (χ4n) is 3.09. The van der Waals surface area contributed by atoms with Crippen LogP contribution in [0, 0.1) is 11.8 Å². The van der Waals surface area contributed by atoms with Crippen LogP contribution < -0.4 is 4.90 Å². The summed E-state index contributed by atoms with van der Waals surface area (Å²) in [5, 5.41) is 0. The van der Waals surface area contributed by atoms with E-state index in [-0.39, 0.29) is 23.7 Å². The summed E-state index contributed by atoms with van der Waals surface area (Å²) in [6.45, 7) is 2.03.